The molecular formula is C20H25N3O4S. The molecule has 1 fully saturated rings. The second-order valence-corrected chi connectivity index (χ2v) is 8.43. The number of nitrogens with zero attached hydrogens (tertiary/aromatic N) is 3. The minimum Gasteiger partial charge on any atom is -0.493 e. The number of esters is 1. The molecule has 0 spiro atoms. The number of unbranched alkanes of at least 4 members (excludes halogenated alkanes) is 1. The molecule has 1 aromatic heterocycles. The number of aromatic nitrogens is 2. The molecule has 0 aliphatic heterocycles. The number of carbonyl (C=O) groups excluding carboxylic acids is 1. The normalized spacial score (nSPS) is 20.2. The van der Waals surface area contributed by atoms with Gasteiger partial charge in [-0.2, -0.15) is 5.26 Å². The van der Waals surface area contributed by atoms with Gasteiger partial charge in [-0.05, 0) is 23.5 Å². The highest BCUT2D eigenvalue weighted by Crippen LogP contribution is 2.60. The van der Waals surface area contributed by atoms with Crippen LogP contribution in [0.5, 0.6) is 5.88 Å². The molecule has 0 radical (unpaired) electrons. The van der Waals surface area contributed by atoms with Crippen LogP contribution in [-0.2, 0) is 22.8 Å². The quantitative estimate of drug-likeness (QED) is 0.295. The zero-order chi connectivity index (χ0) is 20.9. The number of ether oxygens (including phenoxy) is 1. The Morgan fingerprint density at radius 3 is 2.86 bits per heavy atom. The second-order valence-electron chi connectivity index (χ2n) is 7.29. The highest BCUT2D eigenvalue weighted by Gasteiger charge is 2.61. The standard InChI is InChI=1S/C20H25N3O4S/c1-5-7-9-28-14(11-21)10-15-17(20(15,3)4)18(25)27-13-23-16(24)12-22(8-6-2)19(23)26/h2,10,12,15,17,24H,5,7-9,13H2,1,3-4H3/t15-,17+/m1/s1. The van der Waals surface area contributed by atoms with Gasteiger partial charge in [0.05, 0.1) is 23.6 Å². The van der Waals surface area contributed by atoms with Crippen LogP contribution in [0.3, 0.4) is 0 Å². The van der Waals surface area contributed by atoms with E-state index in [2.05, 4.69) is 18.9 Å². The van der Waals surface area contributed by atoms with Crippen LogP contribution in [0.25, 0.3) is 0 Å². The Labute approximate surface area is 169 Å². The minimum absolute atomic E-state index is 0.0164. The number of imidazole rings is 1. The molecule has 0 aromatic carbocycles. The Kier molecular flexibility index (Phi) is 7.04. The van der Waals surface area contributed by atoms with Gasteiger partial charge in [0.1, 0.15) is 6.07 Å². The van der Waals surface area contributed by atoms with Gasteiger partial charge in [-0.3, -0.25) is 9.36 Å². The van der Waals surface area contributed by atoms with E-state index in [1.54, 1.807) is 0 Å². The average Bonchev–Trinajstić information content (AvgIpc) is 3.08. The monoisotopic (exact) mass is 403 g/mol. The molecule has 28 heavy (non-hydrogen) atoms. The zero-order valence-electron chi connectivity index (χ0n) is 16.3. The first-order chi connectivity index (χ1) is 13.3. The predicted octanol–water partition coefficient (Wildman–Crippen LogP) is 2.70. The van der Waals surface area contributed by atoms with Crippen LogP contribution in [0, 0.1) is 40.9 Å². The fraction of sp³-hybridized carbons (Fsp3) is 0.550. The number of aromatic hydroxyl groups is 1. The molecule has 8 heteroatoms. The Morgan fingerprint density at radius 1 is 1.54 bits per heavy atom. The maximum Gasteiger partial charge on any atom is 0.334 e. The van der Waals surface area contributed by atoms with Crippen LogP contribution in [-0.4, -0.2) is 26.0 Å². The molecule has 0 saturated heterocycles. The molecule has 7 nitrogen and oxygen atoms in total. The van der Waals surface area contributed by atoms with Gasteiger partial charge in [0.2, 0.25) is 5.88 Å². The highest BCUT2D eigenvalue weighted by atomic mass is 32.2. The van der Waals surface area contributed by atoms with E-state index in [9.17, 15) is 20.0 Å². The minimum atomic E-state index is -0.547. The van der Waals surface area contributed by atoms with Gasteiger partial charge in [-0.15, -0.1) is 18.2 Å². The summed E-state index contributed by atoms with van der Waals surface area (Å²) in [5.41, 5.74) is -0.874. The van der Waals surface area contributed by atoms with Crippen molar-refractivity contribution in [1.29, 1.82) is 5.26 Å². The summed E-state index contributed by atoms with van der Waals surface area (Å²) in [6.45, 7) is 5.61. The van der Waals surface area contributed by atoms with E-state index in [0.29, 0.717) is 4.91 Å². The molecule has 2 atom stereocenters. The lowest BCUT2D eigenvalue weighted by atomic mass is 10.1. The second kappa shape index (κ2) is 9.07. The Balaban J connectivity index is 2.02. The molecule has 0 unspecified atom stereocenters. The molecule has 1 saturated carbocycles. The molecule has 0 bridgehead atoms. The lowest BCUT2D eigenvalue weighted by molar-refractivity contribution is -0.150. The Bertz CT molecular complexity index is 898. The van der Waals surface area contributed by atoms with E-state index < -0.39 is 17.6 Å². The number of hydrogen-bond donors (Lipinski definition) is 1. The predicted molar refractivity (Wildman–Crippen MR) is 107 cm³/mol. The third-order valence-electron chi connectivity index (χ3n) is 4.98. The summed E-state index contributed by atoms with van der Waals surface area (Å²) < 4.78 is 7.36. The van der Waals surface area contributed by atoms with Crippen LogP contribution in [0.4, 0.5) is 0 Å². The fourth-order valence-corrected chi connectivity index (χ4v) is 4.07. The van der Waals surface area contributed by atoms with Crippen molar-refractivity contribution in [2.24, 2.45) is 17.3 Å². The largest absolute Gasteiger partial charge is 0.493 e. The number of carbonyl (C=O) groups is 1. The van der Waals surface area contributed by atoms with Crippen LogP contribution < -0.4 is 5.69 Å². The van der Waals surface area contributed by atoms with Crippen molar-refractivity contribution >= 4 is 17.7 Å². The number of hydrogen-bond acceptors (Lipinski definition) is 6. The van der Waals surface area contributed by atoms with Crippen molar-refractivity contribution < 1.29 is 14.6 Å². The molecule has 1 heterocycles. The van der Waals surface area contributed by atoms with E-state index in [-0.39, 0.29) is 30.5 Å². The van der Waals surface area contributed by atoms with Crippen molar-refractivity contribution in [3.63, 3.8) is 0 Å². The van der Waals surface area contributed by atoms with Crippen molar-refractivity contribution in [2.75, 3.05) is 5.75 Å². The van der Waals surface area contributed by atoms with Crippen molar-refractivity contribution in [2.45, 2.75) is 46.9 Å². The number of rotatable bonds is 9. The maximum atomic E-state index is 12.5. The van der Waals surface area contributed by atoms with Gasteiger partial charge in [-0.25, -0.2) is 9.36 Å². The van der Waals surface area contributed by atoms with Gasteiger partial charge in [0.25, 0.3) is 0 Å². The average molecular weight is 404 g/mol. The van der Waals surface area contributed by atoms with Gasteiger partial charge in [0.15, 0.2) is 6.73 Å². The molecule has 0 amide bonds. The van der Waals surface area contributed by atoms with E-state index in [1.807, 2.05) is 19.9 Å². The number of thioether (sulfide) groups is 1. The van der Waals surface area contributed by atoms with Gasteiger partial charge in [-0.1, -0.05) is 39.2 Å². The topological polar surface area (TPSA) is 97.2 Å². The fourth-order valence-electron chi connectivity index (χ4n) is 3.11. The van der Waals surface area contributed by atoms with E-state index in [1.165, 1.54) is 18.0 Å². The van der Waals surface area contributed by atoms with Crippen LogP contribution in [0.1, 0.15) is 33.6 Å². The van der Waals surface area contributed by atoms with Gasteiger partial charge >= 0.3 is 11.7 Å². The molecule has 1 aliphatic rings. The lowest BCUT2D eigenvalue weighted by Crippen LogP contribution is -2.26. The smallest absolute Gasteiger partial charge is 0.334 e. The maximum absolute atomic E-state index is 12.5. The first kappa shape index (κ1) is 21.7. The van der Waals surface area contributed by atoms with E-state index in [0.717, 1.165) is 27.7 Å². The first-order valence-corrected chi connectivity index (χ1v) is 10.1. The van der Waals surface area contributed by atoms with Crippen molar-refractivity contribution in [3.8, 4) is 24.3 Å². The number of allylic oxidation sites excluding steroid dienone is 2. The summed E-state index contributed by atoms with van der Waals surface area (Å²) in [5, 5.41) is 19.2. The zero-order valence-corrected chi connectivity index (χ0v) is 17.2. The molecule has 150 valence electrons. The molecule has 2 rings (SSSR count). The molecular weight excluding hydrogens is 378 g/mol. The van der Waals surface area contributed by atoms with E-state index >= 15 is 0 Å². The summed E-state index contributed by atoms with van der Waals surface area (Å²) in [4.78, 5) is 25.2. The number of terminal acetylenes is 1. The van der Waals surface area contributed by atoms with Crippen molar-refractivity contribution in [3.05, 3.63) is 27.7 Å². The Hall–Kier alpha value is -2.58. The van der Waals surface area contributed by atoms with Gasteiger partial charge in [0, 0.05) is 0 Å². The van der Waals surface area contributed by atoms with Crippen LogP contribution in [0.2, 0.25) is 0 Å². The summed E-state index contributed by atoms with van der Waals surface area (Å²) in [5.74, 6) is 1.91. The molecule has 1 N–H and O–H groups in total. The summed E-state index contributed by atoms with van der Waals surface area (Å²) in [6, 6.07) is 2.19. The van der Waals surface area contributed by atoms with Gasteiger partial charge < -0.3 is 9.84 Å². The summed E-state index contributed by atoms with van der Waals surface area (Å²) in [6.07, 6.45) is 10.3. The summed E-state index contributed by atoms with van der Waals surface area (Å²) >= 11 is 1.50. The lowest BCUT2D eigenvalue weighted by Gasteiger charge is -2.06. The van der Waals surface area contributed by atoms with Crippen LogP contribution >= 0.6 is 11.8 Å². The molecule has 1 aliphatic carbocycles. The third kappa shape index (κ3) is 4.63. The highest BCUT2D eigenvalue weighted by molar-refractivity contribution is 8.03. The SMILES string of the molecule is C#CCn1cc(O)n(COC(=O)[C@@H]2[C@@H](C=C(C#N)SCCCC)C2(C)C)c1=O. The molecule has 1 aromatic rings. The van der Waals surface area contributed by atoms with Crippen molar-refractivity contribution in [1.82, 2.24) is 9.13 Å². The van der Waals surface area contributed by atoms with E-state index in [4.69, 9.17) is 11.2 Å². The third-order valence-corrected chi connectivity index (χ3v) is 6.01. The van der Waals surface area contributed by atoms with Crippen LogP contribution in [0.15, 0.2) is 22.0 Å². The Morgan fingerprint density at radius 2 is 2.25 bits per heavy atom. The first-order valence-electron chi connectivity index (χ1n) is 9.11. The number of nitriles is 1. The summed E-state index contributed by atoms with van der Waals surface area (Å²) in [7, 11) is 0.